The Bertz CT molecular complexity index is 476. The first-order chi connectivity index (χ1) is 8.36. The summed E-state index contributed by atoms with van der Waals surface area (Å²) in [5, 5.41) is 2.72. The van der Waals surface area contributed by atoms with Crippen molar-refractivity contribution in [1.29, 1.82) is 0 Å². The number of aliphatic imine (C=N–C) groups is 1. The van der Waals surface area contributed by atoms with Crippen molar-refractivity contribution in [3.63, 3.8) is 0 Å². The van der Waals surface area contributed by atoms with E-state index in [4.69, 9.17) is 5.73 Å². The molecule has 1 fully saturated rings. The molecule has 2 rings (SSSR count). The second-order valence-corrected chi connectivity index (χ2v) is 4.40. The highest BCUT2D eigenvalue weighted by Gasteiger charge is 2.30. The fourth-order valence-electron chi connectivity index (χ4n) is 1.50. The SMILES string of the molecule is Cc1ccc(C(F)(F)F)cc1NC(N)=NC1CC1. The second kappa shape index (κ2) is 4.51. The maximum absolute atomic E-state index is 12.6. The van der Waals surface area contributed by atoms with Gasteiger partial charge in [-0.3, -0.25) is 0 Å². The number of halogens is 3. The first-order valence-electron chi connectivity index (χ1n) is 5.64. The van der Waals surface area contributed by atoms with Gasteiger partial charge in [0.2, 0.25) is 0 Å². The summed E-state index contributed by atoms with van der Waals surface area (Å²) in [5.41, 5.74) is 5.96. The molecule has 6 heteroatoms. The summed E-state index contributed by atoms with van der Waals surface area (Å²) in [4.78, 5) is 4.12. The minimum atomic E-state index is -4.35. The Hall–Kier alpha value is -1.72. The summed E-state index contributed by atoms with van der Waals surface area (Å²) in [7, 11) is 0. The van der Waals surface area contributed by atoms with E-state index in [9.17, 15) is 13.2 Å². The molecule has 1 aliphatic rings. The van der Waals surface area contributed by atoms with Crippen molar-refractivity contribution in [3.8, 4) is 0 Å². The number of nitrogens with two attached hydrogens (primary N) is 1. The van der Waals surface area contributed by atoms with Gasteiger partial charge in [-0.15, -0.1) is 0 Å². The summed E-state index contributed by atoms with van der Waals surface area (Å²) in [6.07, 6.45) is -2.37. The van der Waals surface area contributed by atoms with Crippen LogP contribution in [-0.2, 0) is 6.18 Å². The molecule has 0 unspecified atom stereocenters. The van der Waals surface area contributed by atoms with Crippen molar-refractivity contribution >= 4 is 11.6 Å². The van der Waals surface area contributed by atoms with Crippen LogP contribution in [0, 0.1) is 6.92 Å². The Balaban J connectivity index is 2.20. The first-order valence-corrected chi connectivity index (χ1v) is 5.64. The predicted molar refractivity (Wildman–Crippen MR) is 64.4 cm³/mol. The number of benzene rings is 1. The maximum atomic E-state index is 12.6. The molecule has 1 saturated carbocycles. The van der Waals surface area contributed by atoms with Crippen LogP contribution in [0.4, 0.5) is 18.9 Å². The van der Waals surface area contributed by atoms with E-state index in [-0.39, 0.29) is 12.0 Å². The molecule has 0 radical (unpaired) electrons. The molecular formula is C12H14F3N3. The van der Waals surface area contributed by atoms with Crippen LogP contribution in [-0.4, -0.2) is 12.0 Å². The number of nitrogens with one attached hydrogen (secondary N) is 1. The van der Waals surface area contributed by atoms with E-state index in [1.807, 2.05) is 0 Å². The summed E-state index contributed by atoms with van der Waals surface area (Å²) in [6.45, 7) is 1.72. The van der Waals surface area contributed by atoms with E-state index >= 15 is 0 Å². The van der Waals surface area contributed by atoms with Crippen LogP contribution >= 0.6 is 0 Å². The van der Waals surface area contributed by atoms with E-state index in [1.165, 1.54) is 6.07 Å². The van der Waals surface area contributed by atoms with Gasteiger partial charge >= 0.3 is 6.18 Å². The molecule has 3 N–H and O–H groups in total. The molecule has 18 heavy (non-hydrogen) atoms. The van der Waals surface area contributed by atoms with Crippen LogP contribution in [0.1, 0.15) is 24.0 Å². The molecule has 98 valence electrons. The largest absolute Gasteiger partial charge is 0.416 e. The minimum Gasteiger partial charge on any atom is -0.370 e. The fourth-order valence-corrected chi connectivity index (χ4v) is 1.50. The van der Waals surface area contributed by atoms with Gasteiger partial charge in [0.25, 0.3) is 0 Å². The van der Waals surface area contributed by atoms with Crippen molar-refractivity contribution < 1.29 is 13.2 Å². The summed E-state index contributed by atoms with van der Waals surface area (Å²) in [5.74, 6) is 0.167. The van der Waals surface area contributed by atoms with Gasteiger partial charge in [-0.2, -0.15) is 13.2 Å². The number of hydrogen-bond donors (Lipinski definition) is 2. The van der Waals surface area contributed by atoms with Crippen LogP contribution in [0.25, 0.3) is 0 Å². The summed E-state index contributed by atoms with van der Waals surface area (Å²) >= 11 is 0. The number of guanidine groups is 1. The van der Waals surface area contributed by atoms with Crippen LogP contribution in [0.15, 0.2) is 23.2 Å². The second-order valence-electron chi connectivity index (χ2n) is 4.40. The third-order valence-electron chi connectivity index (χ3n) is 2.70. The first kappa shape index (κ1) is 12.7. The molecule has 0 aromatic heterocycles. The average Bonchev–Trinajstić information content (AvgIpc) is 3.03. The van der Waals surface area contributed by atoms with Crippen molar-refractivity contribution in [2.75, 3.05) is 5.32 Å². The molecule has 0 atom stereocenters. The van der Waals surface area contributed by atoms with Crippen LogP contribution in [0.5, 0.6) is 0 Å². The predicted octanol–water partition coefficient (Wildman–Crippen LogP) is 2.90. The number of rotatable bonds is 2. The van der Waals surface area contributed by atoms with E-state index in [0.29, 0.717) is 11.3 Å². The van der Waals surface area contributed by atoms with Gasteiger partial charge in [0, 0.05) is 5.69 Å². The Morgan fingerprint density at radius 1 is 1.39 bits per heavy atom. The number of anilines is 1. The number of nitrogens with zero attached hydrogens (tertiary/aromatic N) is 1. The summed E-state index contributed by atoms with van der Waals surface area (Å²) in [6, 6.07) is 3.73. The van der Waals surface area contributed by atoms with Crippen LogP contribution in [0.3, 0.4) is 0 Å². The normalized spacial score (nSPS) is 16.8. The topological polar surface area (TPSA) is 50.4 Å². The molecule has 0 amide bonds. The van der Waals surface area contributed by atoms with Gasteiger partial charge in [-0.1, -0.05) is 6.07 Å². The quantitative estimate of drug-likeness (QED) is 0.632. The number of alkyl halides is 3. The number of hydrogen-bond acceptors (Lipinski definition) is 1. The maximum Gasteiger partial charge on any atom is 0.416 e. The minimum absolute atomic E-state index is 0.167. The Morgan fingerprint density at radius 2 is 2.06 bits per heavy atom. The third kappa shape index (κ3) is 3.15. The molecule has 3 nitrogen and oxygen atoms in total. The standard InChI is InChI=1S/C12H14F3N3/c1-7-2-3-8(12(13,14)15)6-10(7)18-11(16)17-9-4-5-9/h2-3,6,9H,4-5H2,1H3,(H3,16,17,18). The molecule has 0 spiro atoms. The highest BCUT2D eigenvalue weighted by atomic mass is 19.4. The van der Waals surface area contributed by atoms with E-state index < -0.39 is 11.7 Å². The van der Waals surface area contributed by atoms with Crippen molar-refractivity contribution in [2.45, 2.75) is 32.0 Å². The third-order valence-corrected chi connectivity index (χ3v) is 2.70. The van der Waals surface area contributed by atoms with E-state index in [1.54, 1.807) is 6.92 Å². The van der Waals surface area contributed by atoms with Gasteiger partial charge in [0.1, 0.15) is 0 Å². The molecule has 1 aliphatic carbocycles. The summed E-state index contributed by atoms with van der Waals surface area (Å²) < 4.78 is 37.7. The van der Waals surface area contributed by atoms with Gasteiger partial charge in [-0.25, -0.2) is 4.99 Å². The van der Waals surface area contributed by atoms with Crippen molar-refractivity contribution in [1.82, 2.24) is 0 Å². The lowest BCUT2D eigenvalue weighted by atomic mass is 10.1. The highest BCUT2D eigenvalue weighted by Crippen LogP contribution is 2.32. The monoisotopic (exact) mass is 257 g/mol. The highest BCUT2D eigenvalue weighted by molar-refractivity contribution is 5.93. The van der Waals surface area contributed by atoms with E-state index in [2.05, 4.69) is 10.3 Å². The van der Waals surface area contributed by atoms with Gasteiger partial charge in [-0.05, 0) is 37.5 Å². The smallest absolute Gasteiger partial charge is 0.370 e. The zero-order chi connectivity index (χ0) is 13.3. The molecule has 0 heterocycles. The lowest BCUT2D eigenvalue weighted by molar-refractivity contribution is -0.137. The number of aryl methyl sites for hydroxylation is 1. The zero-order valence-corrected chi connectivity index (χ0v) is 9.88. The lowest BCUT2D eigenvalue weighted by Gasteiger charge is -2.12. The Kier molecular flexibility index (Phi) is 3.19. The molecule has 1 aromatic rings. The van der Waals surface area contributed by atoms with Gasteiger partial charge < -0.3 is 11.1 Å². The zero-order valence-electron chi connectivity index (χ0n) is 9.88. The lowest BCUT2D eigenvalue weighted by Crippen LogP contribution is -2.23. The van der Waals surface area contributed by atoms with Gasteiger partial charge in [0.05, 0.1) is 11.6 Å². The molecule has 0 bridgehead atoms. The van der Waals surface area contributed by atoms with Crippen molar-refractivity contribution in [3.05, 3.63) is 29.3 Å². The molecule has 0 aliphatic heterocycles. The van der Waals surface area contributed by atoms with Crippen LogP contribution < -0.4 is 11.1 Å². The Morgan fingerprint density at radius 3 is 2.61 bits per heavy atom. The van der Waals surface area contributed by atoms with Crippen molar-refractivity contribution in [2.24, 2.45) is 10.7 Å². The fraction of sp³-hybridized carbons (Fsp3) is 0.417. The molecular weight excluding hydrogens is 243 g/mol. The molecule has 1 aromatic carbocycles. The van der Waals surface area contributed by atoms with Crippen LogP contribution in [0.2, 0.25) is 0 Å². The Labute approximate surface area is 103 Å². The van der Waals surface area contributed by atoms with Gasteiger partial charge in [0.15, 0.2) is 5.96 Å². The average molecular weight is 257 g/mol. The molecule has 0 saturated heterocycles. The van der Waals surface area contributed by atoms with E-state index in [0.717, 1.165) is 25.0 Å².